The Morgan fingerprint density at radius 3 is 2.69 bits per heavy atom. The number of aromatic nitrogens is 1. The van der Waals surface area contributed by atoms with Crippen LogP contribution in [0.15, 0.2) is 35.1 Å². The van der Waals surface area contributed by atoms with Gasteiger partial charge in [0.15, 0.2) is 0 Å². The van der Waals surface area contributed by atoms with Crippen molar-refractivity contribution < 1.29 is 4.79 Å². The minimum Gasteiger partial charge on any atom is -0.339 e. The van der Waals surface area contributed by atoms with Crippen LogP contribution in [0.25, 0.3) is 0 Å². The van der Waals surface area contributed by atoms with E-state index in [4.69, 9.17) is 0 Å². The third-order valence-corrected chi connectivity index (χ3v) is 6.10. The number of hydrogen-bond donors (Lipinski definition) is 0. The van der Waals surface area contributed by atoms with Crippen molar-refractivity contribution in [2.45, 2.75) is 44.6 Å². The molecule has 3 aliphatic rings. The third kappa shape index (κ3) is 3.78. The molecule has 5 heteroatoms. The van der Waals surface area contributed by atoms with E-state index in [0.29, 0.717) is 11.8 Å². The van der Waals surface area contributed by atoms with Crippen LogP contribution < -0.4 is 5.56 Å². The molecule has 2 saturated heterocycles. The number of piperidine rings is 1. The summed E-state index contributed by atoms with van der Waals surface area (Å²) in [4.78, 5) is 28.9. The number of likely N-dealkylation sites (tertiary alicyclic amines) is 2. The normalized spacial score (nSPS) is 26.5. The molecule has 4 rings (SSSR count). The average molecular weight is 355 g/mol. The molecule has 26 heavy (non-hydrogen) atoms. The maximum absolute atomic E-state index is 12.4. The molecule has 4 heterocycles. The van der Waals surface area contributed by atoms with Gasteiger partial charge in [-0.3, -0.25) is 14.5 Å². The number of pyridine rings is 1. The number of fused-ring (bicyclic) bond motifs is 4. The zero-order valence-electron chi connectivity index (χ0n) is 15.5. The molecule has 1 amide bonds. The van der Waals surface area contributed by atoms with Crippen LogP contribution in [0.4, 0.5) is 0 Å². The molecule has 1 aromatic heterocycles. The van der Waals surface area contributed by atoms with Crippen molar-refractivity contribution in [2.24, 2.45) is 5.92 Å². The predicted molar refractivity (Wildman–Crippen MR) is 102 cm³/mol. The Morgan fingerprint density at radius 1 is 1.08 bits per heavy atom. The van der Waals surface area contributed by atoms with E-state index in [0.717, 1.165) is 52.1 Å². The molecule has 1 aromatic rings. The average Bonchev–Trinajstić information content (AvgIpc) is 2.92. The molecule has 0 aromatic carbocycles. The monoisotopic (exact) mass is 355 g/mol. The van der Waals surface area contributed by atoms with E-state index in [2.05, 4.69) is 11.0 Å². The largest absolute Gasteiger partial charge is 0.339 e. The first-order valence-electron chi connectivity index (χ1n) is 10.1. The van der Waals surface area contributed by atoms with Gasteiger partial charge in [0, 0.05) is 63.0 Å². The summed E-state index contributed by atoms with van der Waals surface area (Å²) in [6.07, 6.45) is 9.74. The zero-order chi connectivity index (χ0) is 17.9. The summed E-state index contributed by atoms with van der Waals surface area (Å²) in [5.74, 6) is 1.14. The van der Waals surface area contributed by atoms with Crippen LogP contribution in [0.1, 0.15) is 43.7 Å². The fourth-order valence-corrected chi connectivity index (χ4v) is 4.84. The van der Waals surface area contributed by atoms with Gasteiger partial charge in [-0.15, -0.1) is 0 Å². The van der Waals surface area contributed by atoms with Crippen LogP contribution in [0, 0.1) is 5.92 Å². The number of nitrogens with zero attached hydrogens (tertiary/aromatic N) is 3. The number of hydrogen-bond acceptors (Lipinski definition) is 3. The first-order valence-corrected chi connectivity index (χ1v) is 10.1. The number of carbonyl (C=O) groups is 1. The van der Waals surface area contributed by atoms with Gasteiger partial charge < -0.3 is 9.47 Å². The van der Waals surface area contributed by atoms with E-state index in [9.17, 15) is 9.59 Å². The lowest BCUT2D eigenvalue weighted by molar-refractivity contribution is -0.126. The lowest BCUT2D eigenvalue weighted by Crippen LogP contribution is -2.47. The molecular formula is C21H29N3O2. The Labute approximate surface area is 155 Å². The molecule has 3 aliphatic heterocycles. The van der Waals surface area contributed by atoms with Crippen molar-refractivity contribution >= 4 is 5.91 Å². The fourth-order valence-electron chi connectivity index (χ4n) is 4.84. The molecule has 2 unspecified atom stereocenters. The first-order chi connectivity index (χ1) is 12.7. The van der Waals surface area contributed by atoms with Crippen molar-refractivity contribution in [1.29, 1.82) is 0 Å². The Bertz CT molecular complexity index is 731. The highest BCUT2D eigenvalue weighted by Crippen LogP contribution is 2.34. The second kappa shape index (κ2) is 7.78. The molecule has 0 radical (unpaired) electrons. The van der Waals surface area contributed by atoms with E-state index in [1.165, 1.54) is 25.0 Å². The SMILES string of the molecule is O=C(C=CCN1CC2CC(C1)c1cccc(=O)n1C2)N1CCCCCC1. The predicted octanol–water partition coefficient (Wildman–Crippen LogP) is 2.23. The summed E-state index contributed by atoms with van der Waals surface area (Å²) in [6, 6.07) is 5.65. The van der Waals surface area contributed by atoms with Crippen LogP contribution in [-0.4, -0.2) is 53.0 Å². The fraction of sp³-hybridized carbons (Fsp3) is 0.619. The van der Waals surface area contributed by atoms with Gasteiger partial charge in [0.2, 0.25) is 5.91 Å². The summed E-state index contributed by atoms with van der Waals surface area (Å²) < 4.78 is 1.97. The molecule has 0 N–H and O–H groups in total. The lowest BCUT2D eigenvalue weighted by atomic mass is 9.83. The topological polar surface area (TPSA) is 45.6 Å². The van der Waals surface area contributed by atoms with E-state index >= 15 is 0 Å². The van der Waals surface area contributed by atoms with E-state index in [-0.39, 0.29) is 11.5 Å². The van der Waals surface area contributed by atoms with Crippen LogP contribution in [-0.2, 0) is 11.3 Å². The van der Waals surface area contributed by atoms with Gasteiger partial charge in [-0.05, 0) is 31.2 Å². The molecule has 0 spiro atoms. The number of rotatable bonds is 3. The van der Waals surface area contributed by atoms with Gasteiger partial charge in [0.05, 0.1) is 0 Å². The van der Waals surface area contributed by atoms with Gasteiger partial charge in [0.1, 0.15) is 0 Å². The quantitative estimate of drug-likeness (QED) is 0.781. The van der Waals surface area contributed by atoms with Crippen molar-refractivity contribution in [2.75, 3.05) is 32.7 Å². The second-order valence-electron chi connectivity index (χ2n) is 8.06. The maximum atomic E-state index is 12.4. The summed E-state index contributed by atoms with van der Waals surface area (Å²) in [6.45, 7) is 5.45. The van der Waals surface area contributed by atoms with Crippen molar-refractivity contribution in [3.63, 3.8) is 0 Å². The Kier molecular flexibility index (Phi) is 5.25. The highest BCUT2D eigenvalue weighted by molar-refractivity contribution is 5.87. The Morgan fingerprint density at radius 2 is 1.88 bits per heavy atom. The number of amides is 1. The zero-order valence-corrected chi connectivity index (χ0v) is 15.5. The van der Waals surface area contributed by atoms with Crippen LogP contribution in [0.3, 0.4) is 0 Å². The minimum absolute atomic E-state index is 0.133. The third-order valence-electron chi connectivity index (χ3n) is 6.10. The van der Waals surface area contributed by atoms with Crippen molar-refractivity contribution in [3.05, 3.63) is 46.4 Å². The Hall–Kier alpha value is -1.88. The van der Waals surface area contributed by atoms with Crippen molar-refractivity contribution in [3.8, 4) is 0 Å². The van der Waals surface area contributed by atoms with E-state index in [1.54, 1.807) is 12.1 Å². The minimum atomic E-state index is 0.133. The highest BCUT2D eigenvalue weighted by Gasteiger charge is 2.33. The summed E-state index contributed by atoms with van der Waals surface area (Å²) in [5, 5.41) is 0. The van der Waals surface area contributed by atoms with E-state index in [1.807, 2.05) is 21.6 Å². The summed E-state index contributed by atoms with van der Waals surface area (Å²) in [7, 11) is 0. The smallest absolute Gasteiger partial charge is 0.250 e. The molecule has 0 saturated carbocycles. The summed E-state index contributed by atoms with van der Waals surface area (Å²) in [5.41, 5.74) is 1.32. The van der Waals surface area contributed by atoms with Gasteiger partial charge in [-0.1, -0.05) is 25.0 Å². The van der Waals surface area contributed by atoms with Crippen molar-refractivity contribution in [1.82, 2.24) is 14.4 Å². The second-order valence-corrected chi connectivity index (χ2v) is 8.06. The maximum Gasteiger partial charge on any atom is 0.250 e. The highest BCUT2D eigenvalue weighted by atomic mass is 16.2. The van der Waals surface area contributed by atoms with Gasteiger partial charge >= 0.3 is 0 Å². The molecule has 0 aliphatic carbocycles. The molecular weight excluding hydrogens is 326 g/mol. The Balaban J connectivity index is 1.35. The lowest BCUT2D eigenvalue weighted by Gasteiger charge is -2.42. The molecule has 140 valence electrons. The molecule has 2 fully saturated rings. The molecule has 5 nitrogen and oxygen atoms in total. The molecule has 2 atom stereocenters. The number of carbonyl (C=O) groups excluding carboxylic acids is 1. The van der Waals surface area contributed by atoms with Gasteiger partial charge in [0.25, 0.3) is 5.56 Å². The van der Waals surface area contributed by atoms with Gasteiger partial charge in [-0.2, -0.15) is 0 Å². The summed E-state index contributed by atoms with van der Waals surface area (Å²) >= 11 is 0. The van der Waals surface area contributed by atoms with Gasteiger partial charge in [-0.25, -0.2) is 0 Å². The van der Waals surface area contributed by atoms with E-state index < -0.39 is 0 Å². The van der Waals surface area contributed by atoms with Crippen LogP contribution in [0.5, 0.6) is 0 Å². The first kappa shape index (κ1) is 17.5. The molecule has 2 bridgehead atoms. The van der Waals surface area contributed by atoms with Crippen LogP contribution >= 0.6 is 0 Å². The standard InChI is InChI=1S/C21H29N3O2/c25-20(23-11-3-1-2-4-12-23)9-6-10-22-14-17-13-18(16-22)19-7-5-8-21(26)24(19)15-17/h5-9,17-18H,1-4,10-16H2. The van der Waals surface area contributed by atoms with Crippen LogP contribution in [0.2, 0.25) is 0 Å².